The molecule has 0 saturated carbocycles. The molecule has 0 spiro atoms. The lowest BCUT2D eigenvalue weighted by molar-refractivity contribution is -0.147. The number of nitrogens with one attached hydrogen (secondary N) is 1. The summed E-state index contributed by atoms with van der Waals surface area (Å²) in [5.74, 6) is -1.06. The van der Waals surface area contributed by atoms with Gasteiger partial charge in [0.15, 0.2) is 0 Å². The molecule has 0 rings (SSSR count). The molecule has 0 aromatic rings. The Morgan fingerprint density at radius 3 is 2.29 bits per heavy atom. The van der Waals surface area contributed by atoms with Crippen molar-refractivity contribution in [1.29, 1.82) is 0 Å². The molecule has 0 aromatic carbocycles. The predicted molar refractivity (Wildman–Crippen MR) is 57.9 cm³/mol. The Morgan fingerprint density at radius 1 is 1.41 bits per heavy atom. The number of rotatable bonds is 7. The van der Waals surface area contributed by atoms with Crippen LogP contribution in [-0.2, 0) is 4.79 Å². The largest absolute Gasteiger partial charge is 0.480 e. The first-order valence-electron chi connectivity index (χ1n) is 5.34. The fraction of sp³-hybridized carbons (Fsp3) is 0.900. The van der Waals surface area contributed by atoms with Crippen LogP contribution < -0.4 is 5.32 Å². The number of hydrogen-bond donors (Lipinski definition) is 2. The van der Waals surface area contributed by atoms with Crippen LogP contribution in [0.3, 0.4) is 0 Å². The Kier molecular flexibility index (Phi) is 5.91. The molecule has 4 nitrogen and oxygen atoms in total. The Morgan fingerprint density at radius 2 is 1.94 bits per heavy atom. The lowest BCUT2D eigenvalue weighted by Gasteiger charge is -2.28. The van der Waals surface area contributed by atoms with E-state index in [9.17, 15) is 18.0 Å². The molecule has 1 unspecified atom stereocenters. The Bertz CT molecular complexity index is 258. The Balaban J connectivity index is 4.27. The van der Waals surface area contributed by atoms with Crippen molar-refractivity contribution in [3.05, 3.63) is 0 Å². The first kappa shape index (κ1) is 16.2. The second kappa shape index (κ2) is 6.20. The topological polar surface area (TPSA) is 52.6 Å². The second-order valence-electron chi connectivity index (χ2n) is 4.27. The summed E-state index contributed by atoms with van der Waals surface area (Å²) in [5, 5.41) is 11.8. The van der Waals surface area contributed by atoms with Gasteiger partial charge in [0, 0.05) is 6.54 Å². The first-order valence-corrected chi connectivity index (χ1v) is 5.34. The molecule has 17 heavy (non-hydrogen) atoms. The minimum Gasteiger partial charge on any atom is -0.480 e. The van der Waals surface area contributed by atoms with Gasteiger partial charge in [0.05, 0.1) is 6.54 Å². The number of carbonyl (C=O) groups is 1. The van der Waals surface area contributed by atoms with Gasteiger partial charge in [-0.2, -0.15) is 13.2 Å². The van der Waals surface area contributed by atoms with E-state index in [-0.39, 0.29) is 13.0 Å². The molecule has 7 heteroatoms. The monoisotopic (exact) mass is 256 g/mol. The molecule has 2 N–H and O–H groups in total. The number of hydrogen-bond acceptors (Lipinski definition) is 3. The number of aliphatic carboxylic acids is 1. The minimum atomic E-state index is -4.26. The van der Waals surface area contributed by atoms with E-state index in [0.717, 1.165) is 4.90 Å². The maximum atomic E-state index is 12.1. The van der Waals surface area contributed by atoms with Gasteiger partial charge in [0.1, 0.15) is 5.54 Å². The predicted octanol–water partition coefficient (Wildman–Crippen LogP) is 1.32. The van der Waals surface area contributed by atoms with Crippen molar-refractivity contribution in [2.45, 2.75) is 32.0 Å². The summed E-state index contributed by atoms with van der Waals surface area (Å²) in [6.45, 7) is 2.71. The highest BCUT2D eigenvalue weighted by molar-refractivity contribution is 5.78. The van der Waals surface area contributed by atoms with E-state index >= 15 is 0 Å². The van der Waals surface area contributed by atoms with E-state index in [1.165, 1.54) is 14.0 Å². The fourth-order valence-corrected chi connectivity index (χ4v) is 1.46. The average molecular weight is 256 g/mol. The van der Waals surface area contributed by atoms with E-state index in [4.69, 9.17) is 5.11 Å². The van der Waals surface area contributed by atoms with Crippen LogP contribution in [0.5, 0.6) is 0 Å². The van der Waals surface area contributed by atoms with Crippen LogP contribution in [0.15, 0.2) is 0 Å². The van der Waals surface area contributed by atoms with E-state index in [2.05, 4.69) is 5.32 Å². The molecule has 0 radical (unpaired) electrons. The molecule has 0 amide bonds. The zero-order valence-corrected chi connectivity index (χ0v) is 10.3. The molecule has 0 saturated heterocycles. The number of likely N-dealkylation sites (N-methyl/N-ethyl adjacent to an activating group) is 1. The van der Waals surface area contributed by atoms with Crippen LogP contribution in [0.1, 0.15) is 20.3 Å². The third-order valence-electron chi connectivity index (χ3n) is 2.48. The van der Waals surface area contributed by atoms with E-state index < -0.39 is 24.2 Å². The Labute approximate surface area is 98.8 Å². The van der Waals surface area contributed by atoms with Gasteiger partial charge in [-0.25, -0.2) is 0 Å². The van der Waals surface area contributed by atoms with Crippen LogP contribution in [0.4, 0.5) is 13.2 Å². The lowest BCUT2D eigenvalue weighted by atomic mass is 9.97. The van der Waals surface area contributed by atoms with Crippen LogP contribution in [0.25, 0.3) is 0 Å². The van der Waals surface area contributed by atoms with Gasteiger partial charge < -0.3 is 10.4 Å². The quantitative estimate of drug-likeness (QED) is 0.721. The van der Waals surface area contributed by atoms with Crippen LogP contribution in [0.2, 0.25) is 0 Å². The number of carboxylic acid groups (broad SMARTS) is 1. The minimum absolute atomic E-state index is 0.0648. The highest BCUT2D eigenvalue weighted by atomic mass is 19.4. The first-order chi connectivity index (χ1) is 7.60. The molecule has 0 aliphatic rings. The molecular formula is C10H19F3N2O2. The van der Waals surface area contributed by atoms with Gasteiger partial charge in [-0.05, 0) is 26.9 Å². The molecule has 0 heterocycles. The lowest BCUT2D eigenvalue weighted by Crippen LogP contribution is -2.51. The number of halogens is 3. The van der Waals surface area contributed by atoms with Crippen LogP contribution in [0, 0.1) is 0 Å². The molecule has 0 aliphatic carbocycles. The van der Waals surface area contributed by atoms with E-state index in [1.54, 1.807) is 6.92 Å². The van der Waals surface area contributed by atoms with Crippen LogP contribution >= 0.6 is 0 Å². The van der Waals surface area contributed by atoms with Crippen molar-refractivity contribution >= 4 is 5.97 Å². The van der Waals surface area contributed by atoms with Crippen molar-refractivity contribution < 1.29 is 23.1 Å². The second-order valence-corrected chi connectivity index (χ2v) is 4.27. The summed E-state index contributed by atoms with van der Waals surface area (Å²) >= 11 is 0. The molecule has 0 fully saturated rings. The number of carboxylic acids is 1. The van der Waals surface area contributed by atoms with Gasteiger partial charge in [-0.15, -0.1) is 0 Å². The summed E-state index contributed by atoms with van der Waals surface area (Å²) in [5.41, 5.74) is -1.19. The average Bonchev–Trinajstić information content (AvgIpc) is 2.12. The third-order valence-corrected chi connectivity index (χ3v) is 2.48. The SMILES string of the molecule is CCNC(C)(CCN(C)CC(F)(F)F)C(=O)O. The van der Waals surface area contributed by atoms with Crippen LogP contribution in [-0.4, -0.2) is 54.4 Å². The zero-order chi connectivity index (χ0) is 13.7. The highest BCUT2D eigenvalue weighted by Crippen LogP contribution is 2.17. The zero-order valence-electron chi connectivity index (χ0n) is 10.3. The molecular weight excluding hydrogens is 237 g/mol. The molecule has 1 atom stereocenters. The van der Waals surface area contributed by atoms with Gasteiger partial charge in [0.25, 0.3) is 0 Å². The standard InChI is InChI=1S/C10H19F3N2O2/c1-4-14-9(2,8(16)17)5-6-15(3)7-10(11,12)13/h14H,4-7H2,1-3H3,(H,16,17). The summed E-state index contributed by atoms with van der Waals surface area (Å²) in [6, 6.07) is 0. The Hall–Kier alpha value is -0.820. The normalized spacial score (nSPS) is 15.9. The molecule has 102 valence electrons. The summed E-state index contributed by atoms with van der Waals surface area (Å²) in [6.07, 6.45) is -4.14. The molecule has 0 aliphatic heterocycles. The highest BCUT2D eigenvalue weighted by Gasteiger charge is 2.34. The van der Waals surface area contributed by atoms with Gasteiger partial charge >= 0.3 is 12.1 Å². The van der Waals surface area contributed by atoms with E-state index in [1.807, 2.05) is 0 Å². The number of nitrogens with zero attached hydrogens (tertiary/aromatic N) is 1. The van der Waals surface area contributed by atoms with Gasteiger partial charge in [-0.1, -0.05) is 6.92 Å². The molecule has 0 aromatic heterocycles. The van der Waals surface area contributed by atoms with Crippen molar-refractivity contribution in [3.63, 3.8) is 0 Å². The van der Waals surface area contributed by atoms with Crippen molar-refractivity contribution in [1.82, 2.24) is 10.2 Å². The van der Waals surface area contributed by atoms with E-state index in [0.29, 0.717) is 6.54 Å². The van der Waals surface area contributed by atoms with Gasteiger partial charge in [-0.3, -0.25) is 9.69 Å². The van der Waals surface area contributed by atoms with Gasteiger partial charge in [0.2, 0.25) is 0 Å². The smallest absolute Gasteiger partial charge is 0.401 e. The maximum Gasteiger partial charge on any atom is 0.401 e. The van der Waals surface area contributed by atoms with Crippen molar-refractivity contribution in [2.24, 2.45) is 0 Å². The van der Waals surface area contributed by atoms with Crippen molar-refractivity contribution in [3.8, 4) is 0 Å². The fourth-order valence-electron chi connectivity index (χ4n) is 1.46. The summed E-state index contributed by atoms with van der Waals surface area (Å²) in [7, 11) is 1.32. The van der Waals surface area contributed by atoms with Crippen molar-refractivity contribution in [2.75, 3.05) is 26.7 Å². The maximum absolute atomic E-state index is 12.1. The number of alkyl halides is 3. The third kappa shape index (κ3) is 6.48. The molecule has 0 bridgehead atoms. The summed E-state index contributed by atoms with van der Waals surface area (Å²) in [4.78, 5) is 12.1. The summed E-state index contributed by atoms with van der Waals surface area (Å²) < 4.78 is 36.2.